The molecule has 2 unspecified atom stereocenters. The van der Waals surface area contributed by atoms with Crippen molar-refractivity contribution in [2.75, 3.05) is 6.26 Å². The summed E-state index contributed by atoms with van der Waals surface area (Å²) in [6, 6.07) is 5.34. The second-order valence-corrected chi connectivity index (χ2v) is 6.84. The van der Waals surface area contributed by atoms with Gasteiger partial charge in [-0.15, -0.1) is 0 Å². The molecule has 0 saturated heterocycles. The number of ketones is 1. The number of hydrogen-bond donors (Lipinski definition) is 0. The fraction of sp³-hybridized carbons (Fsp3) is 0.333. The summed E-state index contributed by atoms with van der Waals surface area (Å²) in [5.41, 5.74) is -0.285. The lowest BCUT2D eigenvalue weighted by Crippen LogP contribution is -2.31. The fourth-order valence-corrected chi connectivity index (χ4v) is 2.33. The highest BCUT2D eigenvalue weighted by atomic mass is 35.5. The number of benzene rings is 1. The van der Waals surface area contributed by atoms with Gasteiger partial charge in [0, 0.05) is 16.8 Å². The van der Waals surface area contributed by atoms with Crippen LogP contribution in [0.2, 0.25) is 5.02 Å². The third-order valence-corrected chi connectivity index (χ3v) is 4.59. The highest BCUT2D eigenvalue weighted by Gasteiger charge is 2.34. The van der Waals surface area contributed by atoms with E-state index >= 15 is 0 Å². The number of rotatable bonds is 4. The van der Waals surface area contributed by atoms with Crippen LogP contribution in [-0.2, 0) is 14.6 Å². The van der Waals surface area contributed by atoms with Gasteiger partial charge in [0.05, 0.1) is 6.07 Å². The molecule has 102 valence electrons. The SMILES string of the molecule is CC(C(=O)C(C#N)c1c(F)cccc1Cl)S(C)(=O)=O. The normalized spacial score (nSPS) is 14.5. The summed E-state index contributed by atoms with van der Waals surface area (Å²) in [5.74, 6) is -3.25. The quantitative estimate of drug-likeness (QED) is 0.853. The molecule has 1 aromatic carbocycles. The zero-order valence-corrected chi connectivity index (χ0v) is 11.8. The Hall–Kier alpha value is -1.45. The van der Waals surface area contributed by atoms with Crippen LogP contribution in [0.5, 0.6) is 0 Å². The average Bonchev–Trinajstić information content (AvgIpc) is 2.31. The molecule has 0 fully saturated rings. The summed E-state index contributed by atoms with van der Waals surface area (Å²) in [6.45, 7) is 1.16. The smallest absolute Gasteiger partial charge is 0.172 e. The average molecular weight is 304 g/mol. The lowest BCUT2D eigenvalue weighted by Gasteiger charge is -2.15. The fourth-order valence-electron chi connectivity index (χ4n) is 1.50. The van der Waals surface area contributed by atoms with Gasteiger partial charge in [0.25, 0.3) is 0 Å². The van der Waals surface area contributed by atoms with Crippen molar-refractivity contribution in [2.24, 2.45) is 0 Å². The molecule has 0 aromatic heterocycles. The van der Waals surface area contributed by atoms with Crippen molar-refractivity contribution in [3.05, 3.63) is 34.6 Å². The van der Waals surface area contributed by atoms with Crippen LogP contribution in [0.3, 0.4) is 0 Å². The first-order valence-electron chi connectivity index (χ1n) is 5.26. The summed E-state index contributed by atoms with van der Waals surface area (Å²) in [7, 11) is -3.66. The van der Waals surface area contributed by atoms with E-state index in [2.05, 4.69) is 0 Å². The Morgan fingerprint density at radius 2 is 2.05 bits per heavy atom. The van der Waals surface area contributed by atoms with Crippen LogP contribution >= 0.6 is 11.6 Å². The molecule has 0 bridgehead atoms. The van der Waals surface area contributed by atoms with Crippen LogP contribution in [0, 0.1) is 17.1 Å². The van der Waals surface area contributed by atoms with Gasteiger partial charge < -0.3 is 0 Å². The minimum Gasteiger partial charge on any atom is -0.296 e. The molecule has 19 heavy (non-hydrogen) atoms. The molecule has 0 amide bonds. The number of hydrogen-bond acceptors (Lipinski definition) is 4. The van der Waals surface area contributed by atoms with Crippen LogP contribution < -0.4 is 0 Å². The molecule has 0 aliphatic carbocycles. The second-order valence-electron chi connectivity index (χ2n) is 4.07. The van der Waals surface area contributed by atoms with Crippen LogP contribution in [0.25, 0.3) is 0 Å². The molecule has 1 aromatic rings. The van der Waals surface area contributed by atoms with E-state index in [-0.39, 0.29) is 10.6 Å². The van der Waals surface area contributed by atoms with E-state index in [0.717, 1.165) is 19.2 Å². The van der Waals surface area contributed by atoms with Gasteiger partial charge in [-0.1, -0.05) is 17.7 Å². The third-order valence-electron chi connectivity index (χ3n) is 2.74. The van der Waals surface area contributed by atoms with Crippen LogP contribution in [0.15, 0.2) is 18.2 Å². The maximum Gasteiger partial charge on any atom is 0.172 e. The number of carbonyl (C=O) groups excluding carboxylic acids is 1. The number of nitriles is 1. The van der Waals surface area contributed by atoms with Crippen LogP contribution in [0.4, 0.5) is 4.39 Å². The highest BCUT2D eigenvalue weighted by molar-refractivity contribution is 7.92. The molecule has 0 N–H and O–H groups in total. The Morgan fingerprint density at radius 3 is 2.47 bits per heavy atom. The Bertz CT molecular complexity index is 631. The van der Waals surface area contributed by atoms with Crippen molar-refractivity contribution in [2.45, 2.75) is 18.1 Å². The molecule has 0 radical (unpaired) electrons. The number of sulfone groups is 1. The van der Waals surface area contributed by atoms with Crippen LogP contribution in [0.1, 0.15) is 18.4 Å². The Morgan fingerprint density at radius 1 is 1.47 bits per heavy atom. The zero-order chi connectivity index (χ0) is 14.8. The second kappa shape index (κ2) is 5.68. The largest absolute Gasteiger partial charge is 0.296 e. The molecule has 0 heterocycles. The van der Waals surface area contributed by atoms with Crippen molar-refractivity contribution < 1.29 is 17.6 Å². The monoisotopic (exact) mass is 303 g/mol. The Balaban J connectivity index is 3.31. The van der Waals surface area contributed by atoms with Gasteiger partial charge >= 0.3 is 0 Å². The molecule has 2 atom stereocenters. The summed E-state index contributed by atoms with van der Waals surface area (Å²) in [5, 5.41) is 7.54. The molecule has 1 rings (SSSR count). The standard InChI is InChI=1S/C12H11ClFNO3S/c1-7(19(2,17)18)12(16)8(6-15)11-9(13)4-3-5-10(11)14/h3-5,7-8H,1-2H3. The van der Waals surface area contributed by atoms with Crippen LogP contribution in [-0.4, -0.2) is 25.7 Å². The van der Waals surface area contributed by atoms with E-state index in [1.54, 1.807) is 6.07 Å². The van der Waals surface area contributed by atoms with Crippen molar-refractivity contribution in [3.8, 4) is 6.07 Å². The summed E-state index contributed by atoms with van der Waals surface area (Å²) < 4.78 is 36.3. The van der Waals surface area contributed by atoms with Crippen molar-refractivity contribution >= 4 is 27.2 Å². The number of Topliss-reactive ketones (excluding diaryl/α,β-unsaturated/α-hetero) is 1. The van der Waals surface area contributed by atoms with E-state index < -0.39 is 32.6 Å². The number of nitrogens with zero attached hydrogens (tertiary/aromatic N) is 1. The predicted octanol–water partition coefficient (Wildman–Crippen LogP) is 2.09. The molecular formula is C12H11ClFNO3S. The van der Waals surface area contributed by atoms with E-state index in [1.807, 2.05) is 0 Å². The topological polar surface area (TPSA) is 75.0 Å². The summed E-state index contributed by atoms with van der Waals surface area (Å²) in [4.78, 5) is 12.0. The van der Waals surface area contributed by atoms with Gasteiger partial charge in [-0.3, -0.25) is 4.79 Å². The third kappa shape index (κ3) is 3.31. The number of carbonyl (C=O) groups is 1. The maximum atomic E-state index is 13.7. The van der Waals surface area contributed by atoms with E-state index in [0.29, 0.717) is 0 Å². The van der Waals surface area contributed by atoms with Gasteiger partial charge in [-0.05, 0) is 19.1 Å². The van der Waals surface area contributed by atoms with E-state index in [4.69, 9.17) is 16.9 Å². The van der Waals surface area contributed by atoms with Gasteiger partial charge in [-0.25, -0.2) is 12.8 Å². The lowest BCUT2D eigenvalue weighted by molar-refractivity contribution is -0.118. The van der Waals surface area contributed by atoms with E-state index in [1.165, 1.54) is 12.1 Å². The molecular weight excluding hydrogens is 293 g/mol. The van der Waals surface area contributed by atoms with Crippen molar-refractivity contribution in [1.82, 2.24) is 0 Å². The van der Waals surface area contributed by atoms with Gasteiger partial charge in [0.1, 0.15) is 17.0 Å². The molecule has 0 saturated carbocycles. The first-order chi connectivity index (χ1) is 8.70. The highest BCUT2D eigenvalue weighted by Crippen LogP contribution is 2.29. The zero-order valence-electron chi connectivity index (χ0n) is 10.2. The minimum atomic E-state index is -3.66. The Labute approximate surface area is 115 Å². The minimum absolute atomic E-state index is 0.0828. The lowest BCUT2D eigenvalue weighted by atomic mass is 9.94. The predicted molar refractivity (Wildman–Crippen MR) is 69.1 cm³/mol. The van der Waals surface area contributed by atoms with Gasteiger partial charge in [0.2, 0.25) is 0 Å². The summed E-state index contributed by atoms with van der Waals surface area (Å²) in [6.07, 6.45) is 0.882. The van der Waals surface area contributed by atoms with E-state index in [9.17, 15) is 17.6 Å². The Kier molecular flexibility index (Phi) is 4.66. The molecule has 4 nitrogen and oxygen atoms in total. The molecule has 0 aliphatic rings. The first kappa shape index (κ1) is 15.6. The maximum absolute atomic E-state index is 13.7. The summed E-state index contributed by atoms with van der Waals surface area (Å²) >= 11 is 5.77. The number of halogens is 2. The van der Waals surface area contributed by atoms with Gasteiger partial charge in [0.15, 0.2) is 15.6 Å². The van der Waals surface area contributed by atoms with Crippen molar-refractivity contribution in [3.63, 3.8) is 0 Å². The molecule has 7 heteroatoms. The molecule has 0 spiro atoms. The van der Waals surface area contributed by atoms with Gasteiger partial charge in [-0.2, -0.15) is 5.26 Å². The first-order valence-corrected chi connectivity index (χ1v) is 7.59. The van der Waals surface area contributed by atoms with Crippen molar-refractivity contribution in [1.29, 1.82) is 5.26 Å². The molecule has 0 aliphatic heterocycles.